The molecule has 0 radical (unpaired) electrons. The number of nitrogens with zero attached hydrogens (tertiary/aromatic N) is 2. The minimum atomic E-state index is -0.436. The first-order valence-electron chi connectivity index (χ1n) is 4.68. The normalized spacial score (nSPS) is 10.1. The molecule has 82 valence electrons. The molecule has 0 aromatic carbocycles. The van der Waals surface area contributed by atoms with E-state index in [0.29, 0.717) is 11.5 Å². The Balaban J connectivity index is 2.53. The predicted octanol–water partition coefficient (Wildman–Crippen LogP) is 2.03. The maximum atomic E-state index is 10.7. The number of nitro groups is 1. The summed E-state index contributed by atoms with van der Waals surface area (Å²) >= 11 is 0. The Bertz CT molecular complexity index is 508. The van der Waals surface area contributed by atoms with Crippen LogP contribution in [0.15, 0.2) is 30.5 Å². The van der Waals surface area contributed by atoms with Gasteiger partial charge in [-0.15, -0.1) is 0 Å². The van der Waals surface area contributed by atoms with Crippen LogP contribution in [-0.2, 0) is 0 Å². The molecule has 0 aliphatic rings. The summed E-state index contributed by atoms with van der Waals surface area (Å²) in [5.74, 6) is 0.471. The maximum absolute atomic E-state index is 10.7. The molecule has 0 saturated heterocycles. The Morgan fingerprint density at radius 1 is 1.50 bits per heavy atom. The third-order valence-electron chi connectivity index (χ3n) is 2.15. The number of rotatable bonds is 3. The monoisotopic (exact) mass is 218 g/mol. The third-order valence-corrected chi connectivity index (χ3v) is 2.15. The Kier molecular flexibility index (Phi) is 2.55. The number of pyridine rings is 1. The van der Waals surface area contributed by atoms with Crippen LogP contribution in [0.3, 0.4) is 0 Å². The Labute approximate surface area is 91.5 Å². The summed E-state index contributed by atoms with van der Waals surface area (Å²) in [5.41, 5.74) is 1.31. The summed E-state index contributed by atoms with van der Waals surface area (Å²) in [6.45, 7) is 0. The van der Waals surface area contributed by atoms with Gasteiger partial charge in [-0.2, -0.15) is 0 Å². The van der Waals surface area contributed by atoms with Crippen molar-refractivity contribution in [1.82, 2.24) is 9.97 Å². The van der Waals surface area contributed by atoms with Crippen LogP contribution >= 0.6 is 0 Å². The van der Waals surface area contributed by atoms with Crippen molar-refractivity contribution in [3.63, 3.8) is 0 Å². The van der Waals surface area contributed by atoms with Gasteiger partial charge in [0.05, 0.1) is 22.4 Å². The van der Waals surface area contributed by atoms with E-state index in [4.69, 9.17) is 0 Å². The lowest BCUT2D eigenvalue weighted by molar-refractivity contribution is -0.384. The summed E-state index contributed by atoms with van der Waals surface area (Å²) in [4.78, 5) is 17.5. The lowest BCUT2D eigenvalue weighted by Gasteiger charge is -2.02. The van der Waals surface area contributed by atoms with E-state index in [2.05, 4.69) is 15.3 Å². The molecule has 0 spiro atoms. The van der Waals surface area contributed by atoms with Gasteiger partial charge in [-0.3, -0.25) is 10.1 Å². The summed E-state index contributed by atoms with van der Waals surface area (Å²) in [6, 6.07) is 6.46. The van der Waals surface area contributed by atoms with E-state index < -0.39 is 4.92 Å². The minimum absolute atomic E-state index is 0.0175. The van der Waals surface area contributed by atoms with E-state index in [-0.39, 0.29) is 5.69 Å². The van der Waals surface area contributed by atoms with Gasteiger partial charge in [0.25, 0.3) is 5.69 Å². The summed E-state index contributed by atoms with van der Waals surface area (Å²) in [5, 5.41) is 13.5. The molecule has 2 heterocycles. The first-order chi connectivity index (χ1) is 7.70. The third kappa shape index (κ3) is 1.85. The maximum Gasteiger partial charge on any atom is 0.275 e. The molecule has 6 nitrogen and oxygen atoms in total. The van der Waals surface area contributed by atoms with Crippen LogP contribution in [0.2, 0.25) is 0 Å². The molecule has 0 saturated carbocycles. The Morgan fingerprint density at radius 3 is 2.88 bits per heavy atom. The molecule has 0 atom stereocenters. The second-order valence-corrected chi connectivity index (χ2v) is 3.19. The van der Waals surface area contributed by atoms with E-state index in [0.717, 1.165) is 5.69 Å². The lowest BCUT2D eigenvalue weighted by Crippen LogP contribution is -1.97. The van der Waals surface area contributed by atoms with Crippen LogP contribution in [0.5, 0.6) is 0 Å². The highest BCUT2D eigenvalue weighted by Crippen LogP contribution is 2.23. The molecule has 0 aliphatic carbocycles. The van der Waals surface area contributed by atoms with Crippen molar-refractivity contribution in [2.45, 2.75) is 0 Å². The zero-order valence-electron chi connectivity index (χ0n) is 8.60. The predicted molar refractivity (Wildman–Crippen MR) is 60.2 cm³/mol. The molecule has 2 aromatic rings. The fourth-order valence-corrected chi connectivity index (χ4v) is 1.38. The molecule has 2 N–H and O–H groups in total. The lowest BCUT2D eigenvalue weighted by atomic mass is 10.2. The van der Waals surface area contributed by atoms with E-state index in [9.17, 15) is 10.1 Å². The SMILES string of the molecule is CNc1cc([N+](=O)[O-])cc(-c2ccc[nH]2)n1. The van der Waals surface area contributed by atoms with Crippen LogP contribution in [0, 0.1) is 10.1 Å². The molecule has 0 fully saturated rings. The van der Waals surface area contributed by atoms with Crippen molar-refractivity contribution in [3.8, 4) is 11.4 Å². The van der Waals surface area contributed by atoms with Gasteiger partial charge in [-0.05, 0) is 12.1 Å². The standard InChI is InChI=1S/C10H10N4O2/c1-11-10-6-7(14(15)16)5-9(13-10)8-3-2-4-12-8/h2-6,12H,1H3,(H,11,13). The van der Waals surface area contributed by atoms with Crippen LogP contribution in [0.4, 0.5) is 11.5 Å². The molecule has 0 amide bonds. The number of H-pyrrole nitrogens is 1. The summed E-state index contributed by atoms with van der Waals surface area (Å²) in [7, 11) is 1.67. The van der Waals surface area contributed by atoms with Crippen molar-refractivity contribution in [1.29, 1.82) is 0 Å². The molecule has 6 heteroatoms. The number of hydrogen-bond donors (Lipinski definition) is 2. The van der Waals surface area contributed by atoms with Gasteiger partial charge in [0.2, 0.25) is 0 Å². The average Bonchev–Trinajstić information content (AvgIpc) is 2.81. The summed E-state index contributed by atoms with van der Waals surface area (Å²) < 4.78 is 0. The molecule has 2 aromatic heterocycles. The fourth-order valence-electron chi connectivity index (χ4n) is 1.38. The molecular weight excluding hydrogens is 208 g/mol. The van der Waals surface area contributed by atoms with Crippen LogP contribution in [0.25, 0.3) is 11.4 Å². The Morgan fingerprint density at radius 2 is 2.31 bits per heavy atom. The van der Waals surface area contributed by atoms with Crippen molar-refractivity contribution in [2.75, 3.05) is 12.4 Å². The van der Waals surface area contributed by atoms with Crippen LogP contribution < -0.4 is 5.32 Å². The molecule has 0 unspecified atom stereocenters. The van der Waals surface area contributed by atoms with Gasteiger partial charge in [0.15, 0.2) is 0 Å². The van der Waals surface area contributed by atoms with Gasteiger partial charge in [0, 0.05) is 19.3 Å². The van der Waals surface area contributed by atoms with E-state index in [1.54, 1.807) is 13.2 Å². The largest absolute Gasteiger partial charge is 0.373 e. The number of aromatic nitrogens is 2. The molecular formula is C10H10N4O2. The van der Waals surface area contributed by atoms with Gasteiger partial charge >= 0.3 is 0 Å². The van der Waals surface area contributed by atoms with Gasteiger partial charge in [-0.25, -0.2) is 4.98 Å². The van der Waals surface area contributed by atoms with E-state index in [1.807, 2.05) is 12.1 Å². The number of anilines is 1. The first-order valence-corrected chi connectivity index (χ1v) is 4.68. The average molecular weight is 218 g/mol. The van der Waals surface area contributed by atoms with Crippen molar-refractivity contribution >= 4 is 11.5 Å². The minimum Gasteiger partial charge on any atom is -0.373 e. The van der Waals surface area contributed by atoms with Gasteiger partial charge in [-0.1, -0.05) is 0 Å². The fraction of sp³-hybridized carbons (Fsp3) is 0.100. The molecule has 0 aliphatic heterocycles. The highest BCUT2D eigenvalue weighted by molar-refractivity contribution is 5.62. The topological polar surface area (TPSA) is 83.9 Å². The second kappa shape index (κ2) is 4.01. The van der Waals surface area contributed by atoms with Crippen molar-refractivity contribution in [3.05, 3.63) is 40.6 Å². The molecule has 16 heavy (non-hydrogen) atoms. The quantitative estimate of drug-likeness (QED) is 0.609. The number of nitrogens with one attached hydrogen (secondary N) is 2. The number of hydrogen-bond acceptors (Lipinski definition) is 4. The van der Waals surface area contributed by atoms with Crippen molar-refractivity contribution < 1.29 is 4.92 Å². The van der Waals surface area contributed by atoms with Crippen LogP contribution in [0.1, 0.15) is 0 Å². The highest BCUT2D eigenvalue weighted by Gasteiger charge is 2.11. The smallest absolute Gasteiger partial charge is 0.275 e. The van der Waals surface area contributed by atoms with Gasteiger partial charge < -0.3 is 10.3 Å². The molecule has 0 bridgehead atoms. The van der Waals surface area contributed by atoms with E-state index in [1.165, 1.54) is 12.1 Å². The van der Waals surface area contributed by atoms with E-state index >= 15 is 0 Å². The summed E-state index contributed by atoms with van der Waals surface area (Å²) in [6.07, 6.45) is 1.74. The highest BCUT2D eigenvalue weighted by atomic mass is 16.6. The zero-order valence-corrected chi connectivity index (χ0v) is 8.60. The second-order valence-electron chi connectivity index (χ2n) is 3.19. The number of aromatic amines is 1. The van der Waals surface area contributed by atoms with Gasteiger partial charge in [0.1, 0.15) is 5.82 Å². The van der Waals surface area contributed by atoms with Crippen LogP contribution in [-0.4, -0.2) is 21.9 Å². The zero-order chi connectivity index (χ0) is 11.5. The van der Waals surface area contributed by atoms with Crippen molar-refractivity contribution in [2.24, 2.45) is 0 Å². The Hall–Kier alpha value is -2.37. The molecule has 2 rings (SSSR count). The first kappa shape index (κ1) is 10.2.